The van der Waals surface area contributed by atoms with Gasteiger partial charge in [0.2, 0.25) is 0 Å². The van der Waals surface area contributed by atoms with E-state index in [4.69, 9.17) is 10.5 Å². The van der Waals surface area contributed by atoms with E-state index in [9.17, 15) is 9.59 Å². The molecule has 0 spiro atoms. The number of pyridine rings is 1. The van der Waals surface area contributed by atoms with E-state index < -0.39 is 0 Å². The Hall–Kier alpha value is -2.63. The Morgan fingerprint density at radius 1 is 1.31 bits per heavy atom. The number of fused-ring (bicyclic) bond motifs is 1. The molecule has 3 rings (SSSR count). The molecule has 1 heterocycles. The van der Waals surface area contributed by atoms with E-state index in [-0.39, 0.29) is 17.7 Å². The summed E-state index contributed by atoms with van der Waals surface area (Å²) in [6.07, 6.45) is 6.02. The van der Waals surface area contributed by atoms with Crippen LogP contribution in [0.15, 0.2) is 18.3 Å². The van der Waals surface area contributed by atoms with E-state index in [1.54, 1.807) is 7.11 Å². The van der Waals surface area contributed by atoms with Gasteiger partial charge in [0, 0.05) is 36.5 Å². The van der Waals surface area contributed by atoms with Gasteiger partial charge in [-0.2, -0.15) is 0 Å². The number of benzene rings is 1. The molecule has 1 aromatic heterocycles. The average molecular weight is 355 g/mol. The largest absolute Gasteiger partial charge is 0.496 e. The molecule has 1 aromatic carbocycles. The second kappa shape index (κ2) is 7.72. The number of aryl methyl sites for hydroxylation is 1. The van der Waals surface area contributed by atoms with Crippen LogP contribution in [0.1, 0.15) is 54.9 Å². The fourth-order valence-electron chi connectivity index (χ4n) is 3.02. The van der Waals surface area contributed by atoms with Gasteiger partial charge in [0.05, 0.1) is 23.9 Å². The summed E-state index contributed by atoms with van der Waals surface area (Å²) < 4.78 is 5.45. The Bertz CT molecular complexity index is 844. The lowest BCUT2D eigenvalue weighted by atomic mass is 10.0. The number of nitrogens with zero attached hydrogens (tertiary/aromatic N) is 1. The van der Waals surface area contributed by atoms with E-state index in [1.807, 2.05) is 19.1 Å². The van der Waals surface area contributed by atoms with Gasteiger partial charge in [0.25, 0.3) is 5.91 Å². The zero-order valence-corrected chi connectivity index (χ0v) is 15.3. The van der Waals surface area contributed by atoms with Crippen molar-refractivity contribution in [3.05, 3.63) is 29.5 Å². The number of aromatic nitrogens is 1. The number of rotatable bonds is 8. The number of nitrogens with two attached hydrogens (primary N) is 1. The maximum absolute atomic E-state index is 12.4. The van der Waals surface area contributed by atoms with E-state index >= 15 is 0 Å². The molecule has 3 N–H and O–H groups in total. The number of carbonyl (C=O) groups excluding carboxylic acids is 2. The minimum Gasteiger partial charge on any atom is -0.496 e. The lowest BCUT2D eigenvalue weighted by molar-refractivity contribution is -0.119. The summed E-state index contributed by atoms with van der Waals surface area (Å²) in [4.78, 5) is 28.6. The van der Waals surface area contributed by atoms with Gasteiger partial charge in [-0.25, -0.2) is 0 Å². The van der Waals surface area contributed by atoms with E-state index in [0.717, 1.165) is 24.8 Å². The summed E-state index contributed by atoms with van der Waals surface area (Å²) in [6.45, 7) is 2.00. The van der Waals surface area contributed by atoms with Crippen molar-refractivity contribution in [3.63, 3.8) is 0 Å². The van der Waals surface area contributed by atoms with Gasteiger partial charge in [0.1, 0.15) is 11.5 Å². The number of methoxy groups -OCH3 is 1. The van der Waals surface area contributed by atoms with Crippen molar-refractivity contribution in [2.45, 2.75) is 51.5 Å². The Kier molecular flexibility index (Phi) is 5.40. The number of anilines is 1. The zero-order valence-electron chi connectivity index (χ0n) is 15.3. The molecule has 0 unspecified atom stereocenters. The second-order valence-electron chi connectivity index (χ2n) is 6.80. The van der Waals surface area contributed by atoms with Crippen LogP contribution in [0.25, 0.3) is 10.9 Å². The van der Waals surface area contributed by atoms with Crippen LogP contribution in [0.5, 0.6) is 5.75 Å². The number of nitrogen functional groups attached to an aromatic ring is 1. The summed E-state index contributed by atoms with van der Waals surface area (Å²) in [6, 6.07) is 3.96. The van der Waals surface area contributed by atoms with Gasteiger partial charge in [-0.15, -0.1) is 0 Å². The highest BCUT2D eigenvalue weighted by Crippen LogP contribution is 2.31. The molecule has 0 atom stereocenters. The molecule has 0 aliphatic heterocycles. The highest BCUT2D eigenvalue weighted by Gasteiger charge is 2.25. The molecule has 2 aromatic rings. The van der Waals surface area contributed by atoms with Crippen LogP contribution in [-0.2, 0) is 11.2 Å². The van der Waals surface area contributed by atoms with Gasteiger partial charge < -0.3 is 15.8 Å². The van der Waals surface area contributed by atoms with Gasteiger partial charge >= 0.3 is 0 Å². The highest BCUT2D eigenvalue weighted by molar-refractivity contribution is 6.06. The zero-order chi connectivity index (χ0) is 18.7. The molecular formula is C20H25N3O3. The number of hydrogen-bond acceptors (Lipinski definition) is 5. The van der Waals surface area contributed by atoms with Crippen molar-refractivity contribution in [1.82, 2.24) is 10.3 Å². The Labute approximate surface area is 153 Å². The highest BCUT2D eigenvalue weighted by atomic mass is 16.5. The van der Waals surface area contributed by atoms with Crippen LogP contribution in [0.3, 0.4) is 0 Å². The minimum atomic E-state index is -0.185. The first-order valence-corrected chi connectivity index (χ1v) is 9.11. The van der Waals surface area contributed by atoms with Crippen molar-refractivity contribution in [3.8, 4) is 5.75 Å². The first kappa shape index (κ1) is 18.2. The van der Waals surface area contributed by atoms with Crippen LogP contribution < -0.4 is 15.8 Å². The van der Waals surface area contributed by atoms with Crippen LogP contribution in [-0.4, -0.2) is 29.8 Å². The van der Waals surface area contributed by atoms with Crippen molar-refractivity contribution in [2.75, 3.05) is 12.8 Å². The third-order valence-electron chi connectivity index (χ3n) is 4.67. The molecule has 1 fully saturated rings. The Morgan fingerprint density at radius 3 is 2.73 bits per heavy atom. The van der Waals surface area contributed by atoms with Crippen molar-refractivity contribution in [2.24, 2.45) is 0 Å². The molecule has 0 saturated heterocycles. The molecule has 0 radical (unpaired) electrons. The van der Waals surface area contributed by atoms with Gasteiger partial charge in [-0.3, -0.25) is 14.6 Å². The van der Waals surface area contributed by atoms with Crippen LogP contribution in [0.4, 0.5) is 5.69 Å². The van der Waals surface area contributed by atoms with E-state index in [2.05, 4.69) is 10.3 Å². The topological polar surface area (TPSA) is 94.3 Å². The standard InChI is InChI=1S/C20H25N3O3/c1-3-4-14(24)8-5-12-9-15-17(10-18(12)26-2)22-11-16(19(15)21)20(25)23-13-6-7-13/h9-11,13H,3-8H2,1-2H3,(H2,21,22)(H,23,25). The molecule has 1 amide bonds. The number of ether oxygens (including phenoxy) is 1. The third kappa shape index (κ3) is 3.95. The molecule has 6 nitrogen and oxygen atoms in total. The lowest BCUT2D eigenvalue weighted by Crippen LogP contribution is -2.26. The third-order valence-corrected chi connectivity index (χ3v) is 4.67. The molecule has 138 valence electrons. The van der Waals surface area contributed by atoms with Crippen molar-refractivity contribution in [1.29, 1.82) is 0 Å². The summed E-state index contributed by atoms with van der Waals surface area (Å²) >= 11 is 0. The fourth-order valence-corrected chi connectivity index (χ4v) is 3.02. The average Bonchev–Trinajstić information content (AvgIpc) is 3.43. The number of amides is 1. The number of ketones is 1. The molecule has 26 heavy (non-hydrogen) atoms. The van der Waals surface area contributed by atoms with Crippen molar-refractivity contribution < 1.29 is 14.3 Å². The molecule has 0 bridgehead atoms. The first-order chi connectivity index (χ1) is 12.5. The van der Waals surface area contributed by atoms with E-state index in [1.165, 1.54) is 6.20 Å². The smallest absolute Gasteiger partial charge is 0.255 e. The maximum atomic E-state index is 12.4. The minimum absolute atomic E-state index is 0.185. The van der Waals surface area contributed by atoms with Gasteiger partial charge in [-0.1, -0.05) is 6.92 Å². The van der Waals surface area contributed by atoms with Gasteiger partial charge in [-0.05, 0) is 37.3 Å². The molecule has 6 heteroatoms. The fraction of sp³-hybridized carbons (Fsp3) is 0.450. The predicted molar refractivity (Wildman–Crippen MR) is 101 cm³/mol. The molecule has 1 saturated carbocycles. The summed E-state index contributed by atoms with van der Waals surface area (Å²) in [5.41, 5.74) is 8.65. The SMILES string of the molecule is CCCC(=O)CCc1cc2c(N)c(C(=O)NC3CC3)cnc2cc1OC. The molecule has 1 aliphatic rings. The predicted octanol–water partition coefficient (Wildman–Crippen LogP) is 3.02. The number of hydrogen-bond donors (Lipinski definition) is 2. The normalized spacial score (nSPS) is 13.6. The van der Waals surface area contributed by atoms with Crippen molar-refractivity contribution >= 4 is 28.3 Å². The summed E-state index contributed by atoms with van der Waals surface area (Å²) in [5, 5.41) is 3.65. The number of carbonyl (C=O) groups is 2. The second-order valence-corrected chi connectivity index (χ2v) is 6.80. The lowest BCUT2D eigenvalue weighted by Gasteiger charge is -2.13. The Morgan fingerprint density at radius 2 is 2.08 bits per heavy atom. The van der Waals surface area contributed by atoms with Crippen LogP contribution in [0, 0.1) is 0 Å². The first-order valence-electron chi connectivity index (χ1n) is 9.11. The summed E-state index contributed by atoms with van der Waals surface area (Å²) in [7, 11) is 1.60. The van der Waals surface area contributed by atoms with Crippen LogP contribution >= 0.6 is 0 Å². The Balaban J connectivity index is 1.92. The van der Waals surface area contributed by atoms with Gasteiger partial charge in [0.15, 0.2) is 0 Å². The molecular weight excluding hydrogens is 330 g/mol. The quantitative estimate of drug-likeness (QED) is 0.759. The van der Waals surface area contributed by atoms with E-state index in [0.29, 0.717) is 47.2 Å². The maximum Gasteiger partial charge on any atom is 0.255 e. The monoisotopic (exact) mass is 355 g/mol. The number of nitrogens with one attached hydrogen (secondary N) is 1. The summed E-state index contributed by atoms with van der Waals surface area (Å²) in [5.74, 6) is 0.733. The molecule has 1 aliphatic carbocycles. The number of Topliss-reactive ketones (excluding diaryl/α,β-unsaturated/α-hetero) is 1. The van der Waals surface area contributed by atoms with Crippen LogP contribution in [0.2, 0.25) is 0 Å².